The van der Waals surface area contributed by atoms with Gasteiger partial charge in [0.2, 0.25) is 0 Å². The molecule has 0 radical (unpaired) electrons. The zero-order chi connectivity index (χ0) is 12.1. The van der Waals surface area contributed by atoms with Crippen LogP contribution in [0.1, 0.15) is 42.5 Å². The molecule has 0 saturated heterocycles. The van der Waals surface area contributed by atoms with Gasteiger partial charge in [0.05, 0.1) is 5.56 Å². The molecule has 17 heavy (non-hydrogen) atoms. The molecule has 0 aromatic heterocycles. The summed E-state index contributed by atoms with van der Waals surface area (Å²) in [5, 5.41) is 12.2. The van der Waals surface area contributed by atoms with Crippen molar-refractivity contribution in [1.82, 2.24) is 0 Å². The van der Waals surface area contributed by atoms with E-state index in [1.54, 1.807) is 12.1 Å². The van der Waals surface area contributed by atoms with E-state index in [-0.39, 0.29) is 0 Å². The maximum absolute atomic E-state index is 10.7. The first kappa shape index (κ1) is 11.7. The van der Waals surface area contributed by atoms with E-state index >= 15 is 0 Å². The van der Waals surface area contributed by atoms with E-state index in [0.29, 0.717) is 5.56 Å². The van der Waals surface area contributed by atoms with Crippen molar-refractivity contribution in [3.63, 3.8) is 0 Å². The highest BCUT2D eigenvalue weighted by atomic mass is 16.4. The first-order valence-electron chi connectivity index (χ1n) is 6.05. The molecular formula is C14H17NO2. The molecule has 90 valence electrons. The predicted molar refractivity (Wildman–Crippen MR) is 68.2 cm³/mol. The van der Waals surface area contributed by atoms with Crippen molar-refractivity contribution in [2.75, 3.05) is 5.32 Å². The van der Waals surface area contributed by atoms with Crippen LogP contribution < -0.4 is 5.32 Å². The lowest BCUT2D eigenvalue weighted by molar-refractivity contribution is 0.0697. The smallest absolute Gasteiger partial charge is 0.335 e. The molecule has 0 atom stereocenters. The van der Waals surface area contributed by atoms with Crippen LogP contribution in [-0.4, -0.2) is 11.1 Å². The number of carbonyl (C=O) groups is 1. The number of hydrogen-bond donors (Lipinski definition) is 2. The molecule has 1 aliphatic rings. The third-order valence-corrected chi connectivity index (χ3v) is 2.98. The van der Waals surface area contributed by atoms with Crippen LogP contribution in [-0.2, 0) is 0 Å². The Morgan fingerprint density at radius 3 is 2.59 bits per heavy atom. The molecule has 2 rings (SSSR count). The van der Waals surface area contributed by atoms with Gasteiger partial charge in [-0.05, 0) is 49.9 Å². The number of carboxylic acid groups (broad SMARTS) is 1. The first-order chi connectivity index (χ1) is 8.25. The van der Waals surface area contributed by atoms with Gasteiger partial charge in [-0.1, -0.05) is 12.5 Å². The summed E-state index contributed by atoms with van der Waals surface area (Å²) in [6.45, 7) is 0. The number of carboxylic acids is 1. The van der Waals surface area contributed by atoms with Gasteiger partial charge < -0.3 is 10.4 Å². The Kier molecular flexibility index (Phi) is 3.81. The Labute approximate surface area is 101 Å². The van der Waals surface area contributed by atoms with Crippen molar-refractivity contribution in [1.29, 1.82) is 0 Å². The number of nitrogens with one attached hydrogen (secondary N) is 1. The summed E-state index contributed by atoms with van der Waals surface area (Å²) < 4.78 is 0. The first-order valence-corrected chi connectivity index (χ1v) is 6.05. The van der Waals surface area contributed by atoms with Crippen molar-refractivity contribution in [2.45, 2.75) is 32.1 Å². The fourth-order valence-electron chi connectivity index (χ4n) is 2.01. The van der Waals surface area contributed by atoms with Gasteiger partial charge in [0.25, 0.3) is 0 Å². The minimum Gasteiger partial charge on any atom is -0.478 e. The minimum atomic E-state index is -0.884. The van der Waals surface area contributed by atoms with Gasteiger partial charge in [-0.15, -0.1) is 0 Å². The highest BCUT2D eigenvalue weighted by Crippen LogP contribution is 2.20. The standard InChI is InChI=1S/C14H17NO2/c16-14(17)11-7-9-13(10-8-11)15-12-5-3-1-2-4-6-12/h5,7-10,15H,1-4,6H2,(H,16,17). The fraction of sp³-hybridized carbons (Fsp3) is 0.357. The average Bonchev–Trinajstić information content (AvgIpc) is 2.58. The summed E-state index contributed by atoms with van der Waals surface area (Å²) in [6.07, 6.45) is 8.25. The van der Waals surface area contributed by atoms with E-state index in [0.717, 1.165) is 18.5 Å². The monoisotopic (exact) mass is 231 g/mol. The van der Waals surface area contributed by atoms with Crippen molar-refractivity contribution >= 4 is 11.7 Å². The van der Waals surface area contributed by atoms with Crippen molar-refractivity contribution in [3.05, 3.63) is 41.6 Å². The predicted octanol–water partition coefficient (Wildman–Crippen LogP) is 3.64. The summed E-state index contributed by atoms with van der Waals surface area (Å²) in [4.78, 5) is 10.7. The second-order valence-electron chi connectivity index (χ2n) is 4.34. The van der Waals surface area contributed by atoms with Gasteiger partial charge in [-0.25, -0.2) is 4.79 Å². The van der Waals surface area contributed by atoms with Crippen LogP contribution in [0.25, 0.3) is 0 Å². The third-order valence-electron chi connectivity index (χ3n) is 2.98. The maximum Gasteiger partial charge on any atom is 0.335 e. The van der Waals surface area contributed by atoms with Crippen LogP contribution in [0.3, 0.4) is 0 Å². The minimum absolute atomic E-state index is 0.324. The maximum atomic E-state index is 10.7. The van der Waals surface area contributed by atoms with Crippen LogP contribution >= 0.6 is 0 Å². The van der Waals surface area contributed by atoms with Gasteiger partial charge in [0.1, 0.15) is 0 Å². The molecule has 0 saturated carbocycles. The summed E-state index contributed by atoms with van der Waals surface area (Å²) >= 11 is 0. The largest absolute Gasteiger partial charge is 0.478 e. The second-order valence-corrected chi connectivity index (χ2v) is 4.34. The molecule has 2 N–H and O–H groups in total. The van der Waals surface area contributed by atoms with Crippen molar-refractivity contribution < 1.29 is 9.90 Å². The summed E-state index contributed by atoms with van der Waals surface area (Å²) in [7, 11) is 0. The zero-order valence-corrected chi connectivity index (χ0v) is 9.78. The third kappa shape index (κ3) is 3.34. The number of hydrogen-bond acceptors (Lipinski definition) is 2. The van der Waals surface area contributed by atoms with Crippen LogP contribution in [0.15, 0.2) is 36.0 Å². The van der Waals surface area contributed by atoms with E-state index in [2.05, 4.69) is 11.4 Å². The number of anilines is 1. The molecule has 0 amide bonds. The lowest BCUT2D eigenvalue weighted by atomic mass is 10.2. The second kappa shape index (κ2) is 5.53. The topological polar surface area (TPSA) is 49.3 Å². The number of benzene rings is 1. The summed E-state index contributed by atoms with van der Waals surface area (Å²) in [5.41, 5.74) is 2.54. The van der Waals surface area contributed by atoms with E-state index in [4.69, 9.17) is 5.11 Å². The van der Waals surface area contributed by atoms with Gasteiger partial charge in [-0.3, -0.25) is 0 Å². The Hall–Kier alpha value is -1.77. The molecule has 0 heterocycles. The Balaban J connectivity index is 2.03. The van der Waals surface area contributed by atoms with E-state index in [1.165, 1.54) is 25.0 Å². The van der Waals surface area contributed by atoms with Crippen LogP contribution in [0, 0.1) is 0 Å². The lowest BCUT2D eigenvalue weighted by Crippen LogP contribution is -2.00. The number of allylic oxidation sites excluding steroid dienone is 2. The fourth-order valence-corrected chi connectivity index (χ4v) is 2.01. The van der Waals surface area contributed by atoms with E-state index < -0.39 is 5.97 Å². The summed E-state index contributed by atoms with van der Waals surface area (Å²) in [6, 6.07) is 6.88. The molecule has 0 aliphatic heterocycles. The Morgan fingerprint density at radius 2 is 1.88 bits per heavy atom. The molecule has 0 bridgehead atoms. The van der Waals surface area contributed by atoms with Gasteiger partial charge >= 0.3 is 5.97 Å². The van der Waals surface area contributed by atoms with E-state index in [9.17, 15) is 4.79 Å². The Bertz CT molecular complexity index is 420. The molecule has 0 spiro atoms. The molecule has 1 aromatic rings. The Morgan fingerprint density at radius 1 is 1.12 bits per heavy atom. The normalized spacial score (nSPS) is 15.9. The van der Waals surface area contributed by atoms with Crippen LogP contribution in [0.4, 0.5) is 5.69 Å². The van der Waals surface area contributed by atoms with Crippen LogP contribution in [0.5, 0.6) is 0 Å². The number of rotatable bonds is 3. The molecular weight excluding hydrogens is 214 g/mol. The van der Waals surface area contributed by atoms with Gasteiger partial charge in [0.15, 0.2) is 0 Å². The molecule has 0 fully saturated rings. The lowest BCUT2D eigenvalue weighted by Gasteiger charge is -2.09. The van der Waals surface area contributed by atoms with Crippen molar-refractivity contribution in [3.8, 4) is 0 Å². The molecule has 1 aliphatic carbocycles. The SMILES string of the molecule is O=C(O)c1ccc(NC2=CCCCCC2)cc1. The van der Waals surface area contributed by atoms with E-state index in [1.807, 2.05) is 12.1 Å². The molecule has 1 aromatic carbocycles. The molecule has 3 nitrogen and oxygen atoms in total. The highest BCUT2D eigenvalue weighted by Gasteiger charge is 2.04. The number of aromatic carboxylic acids is 1. The van der Waals surface area contributed by atoms with Gasteiger partial charge in [0, 0.05) is 11.4 Å². The van der Waals surface area contributed by atoms with Gasteiger partial charge in [-0.2, -0.15) is 0 Å². The highest BCUT2D eigenvalue weighted by molar-refractivity contribution is 5.88. The molecule has 3 heteroatoms. The average molecular weight is 231 g/mol. The zero-order valence-electron chi connectivity index (χ0n) is 9.78. The van der Waals surface area contributed by atoms with Crippen molar-refractivity contribution in [2.24, 2.45) is 0 Å². The summed E-state index contributed by atoms with van der Waals surface area (Å²) in [5.74, 6) is -0.884. The van der Waals surface area contributed by atoms with Crippen LogP contribution in [0.2, 0.25) is 0 Å². The quantitative estimate of drug-likeness (QED) is 0.834. The molecule has 0 unspecified atom stereocenters.